The van der Waals surface area contributed by atoms with Gasteiger partial charge in [-0.3, -0.25) is 9.36 Å². The number of imidazole rings is 1. The van der Waals surface area contributed by atoms with Crippen molar-refractivity contribution in [1.82, 2.24) is 19.5 Å². The number of hydrogen-bond donors (Lipinski definition) is 2. The fraction of sp³-hybridized carbons (Fsp3) is 0.111. The van der Waals surface area contributed by atoms with Crippen LogP contribution >= 0.6 is 11.8 Å². The van der Waals surface area contributed by atoms with Gasteiger partial charge < -0.3 is 14.8 Å². The zero-order valence-electron chi connectivity index (χ0n) is 19.6. The van der Waals surface area contributed by atoms with E-state index in [0.717, 1.165) is 22.8 Å². The van der Waals surface area contributed by atoms with Crippen LogP contribution in [0.1, 0.15) is 11.4 Å². The number of aromatic nitrogens is 4. The quantitative estimate of drug-likeness (QED) is 0.114. The smallest absolute Gasteiger partial charge is 0.345 e. The number of thioether (sulfide) groups is 1. The number of fused-ring (bicyclic) bond motifs is 2. The van der Waals surface area contributed by atoms with Crippen LogP contribution in [-0.2, 0) is 9.53 Å². The van der Waals surface area contributed by atoms with E-state index >= 15 is 0 Å². The maximum Gasteiger partial charge on any atom is 0.345 e. The van der Waals surface area contributed by atoms with Crippen LogP contribution in [0.25, 0.3) is 33.2 Å². The van der Waals surface area contributed by atoms with Crippen molar-refractivity contribution < 1.29 is 14.6 Å². The highest BCUT2D eigenvalue weighted by atomic mass is 32.2. The molecule has 36 heavy (non-hydrogen) atoms. The Labute approximate surface area is 210 Å². The summed E-state index contributed by atoms with van der Waals surface area (Å²) in [5.74, 6) is -0.818. The van der Waals surface area contributed by atoms with Gasteiger partial charge in [-0.2, -0.15) is 0 Å². The SMILES string of the molecule is COC(=O)/C(=C(/O)CSc1nc2ccccc2c(=O)n1-c1ccccc1C)c1nc2ccccc2[nH]1. The van der Waals surface area contributed by atoms with Gasteiger partial charge >= 0.3 is 5.97 Å². The molecule has 0 unspecified atom stereocenters. The molecular formula is C27H22N4O4S. The van der Waals surface area contributed by atoms with Gasteiger partial charge in [-0.05, 0) is 42.8 Å². The molecule has 0 amide bonds. The standard InChI is InChI=1S/C27H22N4O4S/c1-16-9-3-8-14-21(16)31-25(33)17-10-4-5-11-18(17)30-27(31)36-15-22(32)23(26(34)35-2)24-28-19-12-6-7-13-20(19)29-24/h3-14,32H,15H2,1-2H3,(H,28,29)/b23-22+. The minimum Gasteiger partial charge on any atom is -0.510 e. The molecule has 0 aliphatic rings. The lowest BCUT2D eigenvalue weighted by Gasteiger charge is -2.15. The van der Waals surface area contributed by atoms with Gasteiger partial charge in [0, 0.05) is 0 Å². The van der Waals surface area contributed by atoms with Gasteiger partial charge in [0.05, 0.1) is 40.5 Å². The third kappa shape index (κ3) is 4.25. The van der Waals surface area contributed by atoms with E-state index in [1.54, 1.807) is 24.3 Å². The van der Waals surface area contributed by atoms with Crippen molar-refractivity contribution in [3.05, 3.63) is 100 Å². The first-order chi connectivity index (χ1) is 17.5. The summed E-state index contributed by atoms with van der Waals surface area (Å²) in [5, 5.41) is 11.9. The fourth-order valence-electron chi connectivity index (χ4n) is 3.97. The van der Waals surface area contributed by atoms with Gasteiger partial charge in [-0.15, -0.1) is 0 Å². The van der Waals surface area contributed by atoms with Crippen LogP contribution in [0.5, 0.6) is 0 Å². The molecule has 8 nitrogen and oxygen atoms in total. The highest BCUT2D eigenvalue weighted by Crippen LogP contribution is 2.27. The molecule has 0 atom stereocenters. The minimum absolute atomic E-state index is 0.0435. The largest absolute Gasteiger partial charge is 0.510 e. The number of aromatic amines is 1. The lowest BCUT2D eigenvalue weighted by Crippen LogP contribution is -2.22. The zero-order chi connectivity index (χ0) is 25.2. The molecule has 5 rings (SSSR count). The molecule has 3 aromatic carbocycles. The molecule has 0 bridgehead atoms. The normalized spacial score (nSPS) is 12.1. The first kappa shape index (κ1) is 23.4. The Morgan fingerprint density at radius 3 is 2.44 bits per heavy atom. The molecule has 0 aliphatic heterocycles. The third-order valence-corrected chi connectivity index (χ3v) is 6.69. The summed E-state index contributed by atoms with van der Waals surface area (Å²) in [6, 6.07) is 21.9. The van der Waals surface area contributed by atoms with Crippen LogP contribution < -0.4 is 5.56 Å². The number of methoxy groups -OCH3 is 1. The average Bonchev–Trinajstić information content (AvgIpc) is 3.32. The van der Waals surface area contributed by atoms with Crippen molar-refractivity contribution in [2.24, 2.45) is 0 Å². The molecule has 0 radical (unpaired) electrons. The molecule has 0 saturated heterocycles. The second kappa shape index (κ2) is 9.71. The molecule has 9 heteroatoms. The predicted molar refractivity (Wildman–Crippen MR) is 140 cm³/mol. The Bertz CT molecular complexity index is 1670. The lowest BCUT2D eigenvalue weighted by molar-refractivity contribution is -0.133. The van der Waals surface area contributed by atoms with E-state index in [1.165, 1.54) is 11.7 Å². The van der Waals surface area contributed by atoms with Crippen LogP contribution in [-0.4, -0.2) is 43.5 Å². The molecule has 0 fully saturated rings. The molecule has 2 N–H and O–H groups in total. The summed E-state index contributed by atoms with van der Waals surface area (Å²) in [4.78, 5) is 38.3. The van der Waals surface area contributed by atoms with Gasteiger partial charge in [0.2, 0.25) is 0 Å². The van der Waals surface area contributed by atoms with E-state index in [-0.39, 0.29) is 28.5 Å². The Kier molecular flexibility index (Phi) is 6.30. The number of esters is 1. The van der Waals surface area contributed by atoms with E-state index in [0.29, 0.717) is 27.3 Å². The van der Waals surface area contributed by atoms with E-state index in [2.05, 4.69) is 9.97 Å². The molecule has 0 aliphatic carbocycles. The molecule has 2 aromatic heterocycles. The summed E-state index contributed by atoms with van der Waals surface area (Å²) < 4.78 is 6.46. The topological polar surface area (TPSA) is 110 Å². The Hall–Kier alpha value is -4.37. The molecule has 2 heterocycles. The summed E-state index contributed by atoms with van der Waals surface area (Å²) >= 11 is 1.14. The average molecular weight is 499 g/mol. The van der Waals surface area contributed by atoms with Crippen molar-refractivity contribution in [3.63, 3.8) is 0 Å². The summed E-state index contributed by atoms with van der Waals surface area (Å²) in [7, 11) is 1.24. The van der Waals surface area contributed by atoms with Gasteiger partial charge in [0.25, 0.3) is 5.56 Å². The van der Waals surface area contributed by atoms with Gasteiger partial charge in [-0.25, -0.2) is 14.8 Å². The molecule has 0 spiro atoms. The minimum atomic E-state index is -0.727. The summed E-state index contributed by atoms with van der Waals surface area (Å²) in [5.41, 5.74) is 3.22. The van der Waals surface area contributed by atoms with Crippen LogP contribution in [0.4, 0.5) is 0 Å². The number of nitrogens with one attached hydrogen (secondary N) is 1. The first-order valence-electron chi connectivity index (χ1n) is 11.1. The van der Waals surface area contributed by atoms with Crippen molar-refractivity contribution in [2.45, 2.75) is 12.1 Å². The molecular weight excluding hydrogens is 476 g/mol. The predicted octanol–water partition coefficient (Wildman–Crippen LogP) is 4.80. The second-order valence-electron chi connectivity index (χ2n) is 8.04. The summed E-state index contributed by atoms with van der Waals surface area (Å²) in [6.07, 6.45) is 0. The highest BCUT2D eigenvalue weighted by Gasteiger charge is 2.23. The third-order valence-electron chi connectivity index (χ3n) is 5.74. The molecule has 0 saturated carbocycles. The number of para-hydroxylation sites is 4. The number of benzene rings is 3. The Morgan fingerprint density at radius 1 is 1.00 bits per heavy atom. The monoisotopic (exact) mass is 498 g/mol. The maximum absolute atomic E-state index is 13.5. The zero-order valence-corrected chi connectivity index (χ0v) is 20.4. The number of hydrogen-bond acceptors (Lipinski definition) is 7. The van der Waals surface area contributed by atoms with Crippen LogP contribution in [0, 0.1) is 6.92 Å². The van der Waals surface area contributed by atoms with E-state index < -0.39 is 5.97 Å². The van der Waals surface area contributed by atoms with Crippen molar-refractivity contribution in [1.29, 1.82) is 0 Å². The number of rotatable bonds is 6. The van der Waals surface area contributed by atoms with Gasteiger partial charge in [0.15, 0.2) is 5.16 Å². The van der Waals surface area contributed by atoms with Gasteiger partial charge in [0.1, 0.15) is 17.2 Å². The number of aliphatic hydroxyl groups is 1. The first-order valence-corrected chi connectivity index (χ1v) is 12.1. The second-order valence-corrected chi connectivity index (χ2v) is 8.99. The van der Waals surface area contributed by atoms with Crippen LogP contribution in [0.15, 0.2) is 88.5 Å². The number of ether oxygens (including phenoxy) is 1. The van der Waals surface area contributed by atoms with Crippen LogP contribution in [0.3, 0.4) is 0 Å². The van der Waals surface area contributed by atoms with Crippen molar-refractivity contribution >= 4 is 45.2 Å². The fourth-order valence-corrected chi connectivity index (χ4v) is 4.85. The van der Waals surface area contributed by atoms with Crippen molar-refractivity contribution in [2.75, 3.05) is 12.9 Å². The van der Waals surface area contributed by atoms with Gasteiger partial charge in [-0.1, -0.05) is 54.2 Å². The number of aliphatic hydroxyl groups excluding tert-OH is 1. The maximum atomic E-state index is 13.5. The van der Waals surface area contributed by atoms with E-state index in [9.17, 15) is 14.7 Å². The van der Waals surface area contributed by atoms with Crippen LogP contribution in [0.2, 0.25) is 0 Å². The Morgan fingerprint density at radius 2 is 1.69 bits per heavy atom. The number of carbonyl (C=O) groups excluding carboxylic acids is 1. The highest BCUT2D eigenvalue weighted by molar-refractivity contribution is 7.99. The molecule has 5 aromatic rings. The number of aryl methyl sites for hydroxylation is 1. The number of carbonyl (C=O) groups is 1. The van der Waals surface area contributed by atoms with E-state index in [1.807, 2.05) is 55.5 Å². The number of H-pyrrole nitrogens is 1. The number of nitrogens with zero attached hydrogens (tertiary/aromatic N) is 3. The molecule has 180 valence electrons. The summed E-state index contributed by atoms with van der Waals surface area (Å²) in [6.45, 7) is 1.92. The Balaban J connectivity index is 1.61. The lowest BCUT2D eigenvalue weighted by atomic mass is 10.2. The van der Waals surface area contributed by atoms with E-state index in [4.69, 9.17) is 9.72 Å². The van der Waals surface area contributed by atoms with Crippen molar-refractivity contribution in [3.8, 4) is 5.69 Å².